The number of likely N-dealkylation sites (tertiary alicyclic amines) is 1. The number of rotatable bonds is 11. The summed E-state index contributed by atoms with van der Waals surface area (Å²) in [5.74, 6) is 0.460. The Labute approximate surface area is 200 Å². The minimum atomic E-state index is -3.64. The van der Waals surface area contributed by atoms with Gasteiger partial charge in [0.05, 0.1) is 4.90 Å². The van der Waals surface area contributed by atoms with Crippen LogP contribution >= 0.6 is 0 Å². The Kier molecular flexibility index (Phi) is 8.10. The molecule has 0 amide bonds. The molecule has 184 valence electrons. The maximum Gasteiger partial charge on any atom is 0.240 e. The van der Waals surface area contributed by atoms with Gasteiger partial charge in [0.2, 0.25) is 10.0 Å². The Bertz CT molecular complexity index is 1070. The second kappa shape index (κ2) is 11.0. The molecular weight excluding hydrogens is 457 g/mol. The van der Waals surface area contributed by atoms with Crippen LogP contribution in [0.1, 0.15) is 41.1 Å². The Balaban J connectivity index is 1.13. The first kappa shape index (κ1) is 24.9. The first-order valence-electron chi connectivity index (χ1n) is 11.8. The summed E-state index contributed by atoms with van der Waals surface area (Å²) in [4.78, 5) is 13.9. The second-order valence-electron chi connectivity index (χ2n) is 9.20. The summed E-state index contributed by atoms with van der Waals surface area (Å²) in [7, 11) is -3.64. The van der Waals surface area contributed by atoms with Crippen LogP contribution in [0.15, 0.2) is 53.4 Å². The number of ketones is 1. The third-order valence-electron chi connectivity index (χ3n) is 6.81. The van der Waals surface area contributed by atoms with Gasteiger partial charge in [-0.05, 0) is 86.8 Å². The van der Waals surface area contributed by atoms with Gasteiger partial charge in [0, 0.05) is 30.6 Å². The number of hydrogen-bond acceptors (Lipinski definition) is 6. The predicted molar refractivity (Wildman–Crippen MR) is 128 cm³/mol. The van der Waals surface area contributed by atoms with Crippen molar-refractivity contribution in [3.63, 3.8) is 0 Å². The van der Waals surface area contributed by atoms with Crippen molar-refractivity contribution in [2.45, 2.75) is 36.1 Å². The quantitative estimate of drug-likeness (QED) is 0.419. The molecule has 2 aliphatic rings. The van der Waals surface area contributed by atoms with Gasteiger partial charge in [0.15, 0.2) is 5.78 Å². The standard InChI is InChI=1S/C25H32FN3O4S/c26-21-5-1-19(2-6-21)23-15-24(23)27-16-18-9-12-29(13-10-18)14-11-28-34(32,33)22-7-3-20(4-8-22)25(31)17-30/h1-8,18,23-24,27-28,30H,9-17H2. The Morgan fingerprint density at radius 2 is 1.74 bits per heavy atom. The third kappa shape index (κ3) is 6.49. The molecule has 4 rings (SSSR count). The van der Waals surface area contributed by atoms with Crippen LogP contribution in [-0.2, 0) is 10.0 Å². The van der Waals surface area contributed by atoms with Crippen molar-refractivity contribution in [1.82, 2.24) is 14.9 Å². The molecule has 0 aromatic heterocycles. The summed E-state index contributed by atoms with van der Waals surface area (Å²) in [6.45, 7) is 3.24. The van der Waals surface area contributed by atoms with Crippen molar-refractivity contribution in [3.8, 4) is 0 Å². The number of benzene rings is 2. The highest BCUT2D eigenvalue weighted by Crippen LogP contribution is 2.40. The summed E-state index contributed by atoms with van der Waals surface area (Å²) >= 11 is 0. The fourth-order valence-corrected chi connectivity index (χ4v) is 5.58. The number of halogens is 1. The van der Waals surface area contributed by atoms with E-state index in [0.717, 1.165) is 38.9 Å². The zero-order valence-electron chi connectivity index (χ0n) is 19.1. The maximum atomic E-state index is 13.1. The van der Waals surface area contributed by atoms with E-state index in [-0.39, 0.29) is 16.3 Å². The summed E-state index contributed by atoms with van der Waals surface area (Å²) in [6.07, 6.45) is 3.26. The van der Waals surface area contributed by atoms with E-state index in [2.05, 4.69) is 14.9 Å². The summed E-state index contributed by atoms with van der Waals surface area (Å²) in [6, 6.07) is 12.9. The van der Waals surface area contributed by atoms with Gasteiger partial charge in [-0.3, -0.25) is 4.79 Å². The van der Waals surface area contributed by atoms with Crippen LogP contribution in [0.5, 0.6) is 0 Å². The number of aliphatic hydroxyl groups excluding tert-OH is 1. The van der Waals surface area contributed by atoms with Crippen LogP contribution in [-0.4, -0.2) is 69.6 Å². The molecule has 1 aliphatic carbocycles. The van der Waals surface area contributed by atoms with E-state index >= 15 is 0 Å². The zero-order chi connectivity index (χ0) is 24.1. The monoisotopic (exact) mass is 489 g/mol. The van der Waals surface area contributed by atoms with E-state index in [1.54, 1.807) is 0 Å². The molecular formula is C25H32FN3O4S. The Hall–Kier alpha value is -2.17. The van der Waals surface area contributed by atoms with Crippen LogP contribution in [0.3, 0.4) is 0 Å². The molecule has 1 heterocycles. The van der Waals surface area contributed by atoms with Gasteiger partial charge >= 0.3 is 0 Å². The molecule has 7 nitrogen and oxygen atoms in total. The van der Waals surface area contributed by atoms with Crippen molar-refractivity contribution < 1.29 is 22.7 Å². The number of hydrogen-bond donors (Lipinski definition) is 3. The fraction of sp³-hybridized carbons (Fsp3) is 0.480. The highest BCUT2D eigenvalue weighted by atomic mass is 32.2. The van der Waals surface area contributed by atoms with Crippen molar-refractivity contribution in [3.05, 3.63) is 65.5 Å². The molecule has 2 fully saturated rings. The minimum Gasteiger partial charge on any atom is -0.388 e. The van der Waals surface area contributed by atoms with Gasteiger partial charge in [-0.15, -0.1) is 0 Å². The smallest absolute Gasteiger partial charge is 0.240 e. The fourth-order valence-electron chi connectivity index (χ4n) is 4.56. The molecule has 2 aromatic rings. The molecule has 9 heteroatoms. The van der Waals surface area contributed by atoms with Crippen LogP contribution in [0, 0.1) is 11.7 Å². The van der Waals surface area contributed by atoms with Gasteiger partial charge in [-0.25, -0.2) is 17.5 Å². The van der Waals surface area contributed by atoms with Crippen LogP contribution < -0.4 is 10.0 Å². The molecule has 0 radical (unpaired) electrons. The van der Waals surface area contributed by atoms with Gasteiger partial charge in [0.25, 0.3) is 0 Å². The van der Waals surface area contributed by atoms with Gasteiger partial charge in [0.1, 0.15) is 12.4 Å². The summed E-state index contributed by atoms with van der Waals surface area (Å²) < 4.78 is 40.7. The average Bonchev–Trinajstić information content (AvgIpc) is 3.63. The highest BCUT2D eigenvalue weighted by Gasteiger charge is 2.38. The number of aliphatic hydroxyl groups is 1. The number of nitrogens with one attached hydrogen (secondary N) is 2. The number of nitrogens with zero attached hydrogens (tertiary/aromatic N) is 1. The van der Waals surface area contributed by atoms with Gasteiger partial charge in [-0.1, -0.05) is 12.1 Å². The molecule has 2 atom stereocenters. The third-order valence-corrected chi connectivity index (χ3v) is 8.29. The number of carbonyl (C=O) groups excluding carboxylic acids is 1. The van der Waals surface area contributed by atoms with E-state index in [9.17, 15) is 17.6 Å². The predicted octanol–water partition coefficient (Wildman–Crippen LogP) is 2.14. The largest absolute Gasteiger partial charge is 0.388 e. The lowest BCUT2D eigenvalue weighted by molar-refractivity contribution is 0.0903. The number of Topliss-reactive ketones (excluding diaryl/α,β-unsaturated/α-hetero) is 1. The molecule has 2 unspecified atom stereocenters. The molecule has 0 bridgehead atoms. The molecule has 1 saturated carbocycles. The van der Waals surface area contributed by atoms with E-state index < -0.39 is 22.4 Å². The van der Waals surface area contributed by atoms with E-state index in [1.165, 1.54) is 42.0 Å². The summed E-state index contributed by atoms with van der Waals surface area (Å²) in [5, 5.41) is 12.6. The topological polar surface area (TPSA) is 98.7 Å². The first-order chi connectivity index (χ1) is 16.4. The Morgan fingerprint density at radius 3 is 2.38 bits per heavy atom. The lowest BCUT2D eigenvalue weighted by atomic mass is 9.96. The normalized spacial score (nSPS) is 21.5. The second-order valence-corrected chi connectivity index (χ2v) is 11.0. The molecule has 1 aliphatic heterocycles. The number of carbonyl (C=O) groups is 1. The zero-order valence-corrected chi connectivity index (χ0v) is 19.9. The van der Waals surface area contributed by atoms with Crippen molar-refractivity contribution in [2.24, 2.45) is 5.92 Å². The van der Waals surface area contributed by atoms with Gasteiger partial charge < -0.3 is 15.3 Å². The Morgan fingerprint density at radius 1 is 1.06 bits per heavy atom. The molecule has 34 heavy (non-hydrogen) atoms. The van der Waals surface area contributed by atoms with E-state index in [0.29, 0.717) is 31.0 Å². The minimum absolute atomic E-state index is 0.103. The van der Waals surface area contributed by atoms with Crippen LogP contribution in [0.4, 0.5) is 4.39 Å². The van der Waals surface area contributed by atoms with E-state index in [4.69, 9.17) is 5.11 Å². The van der Waals surface area contributed by atoms with Crippen LogP contribution in [0.2, 0.25) is 0 Å². The van der Waals surface area contributed by atoms with Crippen molar-refractivity contribution in [2.75, 3.05) is 39.3 Å². The summed E-state index contributed by atoms with van der Waals surface area (Å²) in [5.41, 5.74) is 1.48. The lowest BCUT2D eigenvalue weighted by Crippen LogP contribution is -2.41. The van der Waals surface area contributed by atoms with Crippen molar-refractivity contribution in [1.29, 1.82) is 0 Å². The maximum absolute atomic E-state index is 13.1. The number of sulfonamides is 1. The van der Waals surface area contributed by atoms with Gasteiger partial charge in [-0.2, -0.15) is 0 Å². The SMILES string of the molecule is O=C(CO)c1ccc(S(=O)(=O)NCCN2CCC(CNC3CC3c3ccc(F)cc3)CC2)cc1. The first-order valence-corrected chi connectivity index (χ1v) is 13.3. The van der Waals surface area contributed by atoms with Crippen LogP contribution in [0.25, 0.3) is 0 Å². The highest BCUT2D eigenvalue weighted by molar-refractivity contribution is 7.89. The number of piperidine rings is 1. The van der Waals surface area contributed by atoms with E-state index in [1.807, 2.05) is 12.1 Å². The van der Waals surface area contributed by atoms with Crippen molar-refractivity contribution >= 4 is 15.8 Å². The average molecular weight is 490 g/mol. The molecule has 3 N–H and O–H groups in total. The molecule has 0 spiro atoms. The molecule has 2 aromatic carbocycles. The lowest BCUT2D eigenvalue weighted by Gasteiger charge is -2.32. The molecule has 1 saturated heterocycles.